The zero-order valence-electron chi connectivity index (χ0n) is 17.3. The Balaban J connectivity index is 1.36. The molecule has 3 aromatic rings. The van der Waals surface area contributed by atoms with Crippen LogP contribution in [0.5, 0.6) is 0 Å². The van der Waals surface area contributed by atoms with Crippen molar-refractivity contribution in [3.05, 3.63) is 94.5 Å². The zero-order valence-corrected chi connectivity index (χ0v) is 18.1. The maximum Gasteiger partial charge on any atom is 0.329 e. The summed E-state index contributed by atoms with van der Waals surface area (Å²) >= 11 is 5.88. The van der Waals surface area contributed by atoms with Gasteiger partial charge < -0.3 is 10.4 Å². The molecule has 6 heteroatoms. The van der Waals surface area contributed by atoms with Crippen molar-refractivity contribution in [3.8, 4) is 11.1 Å². The number of ketones is 1. The minimum Gasteiger partial charge on any atom is -0.480 e. The van der Waals surface area contributed by atoms with E-state index < -0.39 is 11.5 Å². The number of carbonyl (C=O) groups excluding carboxylic acids is 2. The molecule has 0 heterocycles. The number of carbonyl (C=O) groups is 3. The van der Waals surface area contributed by atoms with Crippen molar-refractivity contribution in [1.82, 2.24) is 5.32 Å². The number of halogens is 1. The number of amides is 1. The largest absolute Gasteiger partial charge is 0.480 e. The summed E-state index contributed by atoms with van der Waals surface area (Å²) in [4.78, 5) is 35.9. The lowest BCUT2D eigenvalue weighted by molar-refractivity contribution is -0.140. The molecule has 1 saturated carbocycles. The predicted octanol–water partition coefficient (Wildman–Crippen LogP) is 4.71. The molecule has 0 radical (unpaired) electrons. The average Bonchev–Trinajstić information content (AvgIpc) is 3.57. The SMILES string of the molecule is O=C(Cc1ccc(Cl)cc1)Cc1ccc(-c2ccc(C(=O)NC3(C(=O)O)CC3)cc2)cc1. The van der Waals surface area contributed by atoms with Crippen LogP contribution in [0.1, 0.15) is 34.3 Å². The second-order valence-electron chi connectivity index (χ2n) is 8.13. The van der Waals surface area contributed by atoms with E-state index in [1.807, 2.05) is 48.5 Å². The number of nitrogens with one attached hydrogen (secondary N) is 1. The summed E-state index contributed by atoms with van der Waals surface area (Å²) < 4.78 is 0. The normalized spacial score (nSPS) is 13.9. The van der Waals surface area contributed by atoms with Crippen LogP contribution in [0.4, 0.5) is 0 Å². The van der Waals surface area contributed by atoms with E-state index >= 15 is 0 Å². The van der Waals surface area contributed by atoms with Crippen LogP contribution >= 0.6 is 11.6 Å². The summed E-state index contributed by atoms with van der Waals surface area (Å²) in [5.41, 5.74) is 3.10. The second-order valence-corrected chi connectivity index (χ2v) is 8.57. The fourth-order valence-corrected chi connectivity index (χ4v) is 3.68. The molecule has 2 N–H and O–H groups in total. The van der Waals surface area contributed by atoms with E-state index in [4.69, 9.17) is 11.6 Å². The van der Waals surface area contributed by atoms with E-state index in [0.29, 0.717) is 36.3 Å². The third-order valence-corrected chi connectivity index (χ3v) is 5.91. The number of hydrogen-bond acceptors (Lipinski definition) is 3. The number of aliphatic carboxylic acids is 1. The Morgan fingerprint density at radius 3 is 1.72 bits per heavy atom. The third kappa shape index (κ3) is 5.06. The monoisotopic (exact) mass is 447 g/mol. The summed E-state index contributed by atoms with van der Waals surface area (Å²) in [5.74, 6) is -1.24. The maximum atomic E-state index is 12.4. The van der Waals surface area contributed by atoms with Crippen LogP contribution in [0.15, 0.2) is 72.8 Å². The lowest BCUT2D eigenvalue weighted by Crippen LogP contribution is -2.43. The van der Waals surface area contributed by atoms with Crippen LogP contribution in [-0.4, -0.2) is 28.3 Å². The van der Waals surface area contributed by atoms with Crippen LogP contribution in [0.25, 0.3) is 11.1 Å². The lowest BCUT2D eigenvalue weighted by Gasteiger charge is -2.12. The number of carboxylic acid groups (broad SMARTS) is 1. The minimum absolute atomic E-state index is 0.130. The van der Waals surface area contributed by atoms with Gasteiger partial charge >= 0.3 is 5.97 Å². The molecule has 0 aliphatic heterocycles. The van der Waals surface area contributed by atoms with E-state index in [0.717, 1.165) is 22.3 Å². The number of rotatable bonds is 8. The Morgan fingerprint density at radius 2 is 1.25 bits per heavy atom. The molecule has 0 saturated heterocycles. The summed E-state index contributed by atoms with van der Waals surface area (Å²) in [6, 6.07) is 22.1. The van der Waals surface area contributed by atoms with Crippen molar-refractivity contribution in [2.75, 3.05) is 0 Å². The molecule has 0 aromatic heterocycles. The topological polar surface area (TPSA) is 83.5 Å². The Labute approximate surface area is 191 Å². The third-order valence-electron chi connectivity index (χ3n) is 5.66. The molecule has 3 aromatic carbocycles. The van der Waals surface area contributed by atoms with Gasteiger partial charge in [0.2, 0.25) is 0 Å². The first-order valence-corrected chi connectivity index (χ1v) is 10.7. The molecule has 0 atom stereocenters. The van der Waals surface area contributed by atoms with Crippen LogP contribution in [0.3, 0.4) is 0 Å². The molecule has 162 valence electrons. The molecule has 1 aliphatic rings. The molecule has 1 aliphatic carbocycles. The van der Waals surface area contributed by atoms with Crippen molar-refractivity contribution >= 4 is 29.3 Å². The molecule has 1 amide bonds. The first kappa shape index (κ1) is 21.8. The van der Waals surface area contributed by atoms with Crippen molar-refractivity contribution in [1.29, 1.82) is 0 Å². The average molecular weight is 448 g/mol. The van der Waals surface area contributed by atoms with E-state index in [9.17, 15) is 19.5 Å². The van der Waals surface area contributed by atoms with Gasteiger partial charge in [0.1, 0.15) is 11.3 Å². The van der Waals surface area contributed by atoms with Gasteiger partial charge in [-0.05, 0) is 59.4 Å². The Morgan fingerprint density at radius 1 is 0.781 bits per heavy atom. The van der Waals surface area contributed by atoms with Gasteiger partial charge in [-0.3, -0.25) is 9.59 Å². The molecule has 5 nitrogen and oxygen atoms in total. The number of Topliss-reactive ketones (excluding diaryl/α,β-unsaturated/α-hetero) is 1. The van der Waals surface area contributed by atoms with Gasteiger partial charge in [-0.15, -0.1) is 0 Å². The summed E-state index contributed by atoms with van der Waals surface area (Å²) in [6.07, 6.45) is 1.64. The van der Waals surface area contributed by atoms with Crippen LogP contribution in [0.2, 0.25) is 5.02 Å². The Bertz CT molecular complexity index is 1150. The van der Waals surface area contributed by atoms with Gasteiger partial charge in [0.05, 0.1) is 0 Å². The van der Waals surface area contributed by atoms with Gasteiger partial charge in [-0.25, -0.2) is 4.79 Å². The van der Waals surface area contributed by atoms with Crippen LogP contribution < -0.4 is 5.32 Å². The highest BCUT2D eigenvalue weighted by Crippen LogP contribution is 2.35. The van der Waals surface area contributed by atoms with Crippen molar-refractivity contribution in [3.63, 3.8) is 0 Å². The molecular weight excluding hydrogens is 426 g/mol. The molecule has 0 unspecified atom stereocenters. The zero-order chi connectivity index (χ0) is 22.7. The first-order chi connectivity index (χ1) is 15.3. The standard InChI is InChI=1S/C26H22ClNO4/c27-22-11-3-18(4-12-22)16-23(29)15-17-1-5-19(6-2-17)20-7-9-21(10-8-20)24(30)28-26(13-14-26)25(31)32/h1-12H,13-16H2,(H,28,30)(H,31,32). The van der Waals surface area contributed by atoms with E-state index in [1.54, 1.807) is 24.3 Å². The quantitative estimate of drug-likeness (QED) is 0.524. The maximum absolute atomic E-state index is 12.4. The highest BCUT2D eigenvalue weighted by molar-refractivity contribution is 6.30. The second kappa shape index (κ2) is 8.97. The minimum atomic E-state index is -1.10. The van der Waals surface area contributed by atoms with Gasteiger partial charge in [-0.1, -0.05) is 60.1 Å². The Hall–Kier alpha value is -3.44. The fourth-order valence-electron chi connectivity index (χ4n) is 3.56. The first-order valence-electron chi connectivity index (χ1n) is 10.4. The molecule has 0 bridgehead atoms. The van der Waals surface area contributed by atoms with Gasteiger partial charge in [-0.2, -0.15) is 0 Å². The molecule has 1 fully saturated rings. The molecule has 4 rings (SSSR count). The predicted molar refractivity (Wildman–Crippen MR) is 123 cm³/mol. The highest BCUT2D eigenvalue weighted by atomic mass is 35.5. The van der Waals surface area contributed by atoms with Crippen molar-refractivity contribution in [2.24, 2.45) is 0 Å². The number of carboxylic acids is 1. The van der Waals surface area contributed by atoms with Crippen LogP contribution in [0, 0.1) is 0 Å². The fraction of sp³-hybridized carbons (Fsp3) is 0.192. The molecule has 0 spiro atoms. The van der Waals surface area contributed by atoms with E-state index in [-0.39, 0.29) is 11.7 Å². The molecule has 32 heavy (non-hydrogen) atoms. The summed E-state index contributed by atoms with van der Waals surface area (Å²) in [7, 11) is 0. The molecular formula is C26H22ClNO4. The highest BCUT2D eigenvalue weighted by Gasteiger charge is 2.51. The number of benzene rings is 3. The van der Waals surface area contributed by atoms with Gasteiger partial charge in [0, 0.05) is 23.4 Å². The van der Waals surface area contributed by atoms with E-state index in [1.165, 1.54) is 0 Å². The van der Waals surface area contributed by atoms with Gasteiger partial charge in [0.15, 0.2) is 0 Å². The van der Waals surface area contributed by atoms with Crippen LogP contribution in [-0.2, 0) is 22.4 Å². The number of hydrogen-bond donors (Lipinski definition) is 2. The summed E-state index contributed by atoms with van der Waals surface area (Å²) in [6.45, 7) is 0. The van der Waals surface area contributed by atoms with Crippen molar-refractivity contribution < 1.29 is 19.5 Å². The summed E-state index contributed by atoms with van der Waals surface area (Å²) in [5, 5.41) is 12.5. The smallest absolute Gasteiger partial charge is 0.329 e. The lowest BCUT2D eigenvalue weighted by atomic mass is 9.99. The Kier molecular flexibility index (Phi) is 6.10. The van der Waals surface area contributed by atoms with E-state index in [2.05, 4.69) is 5.32 Å². The van der Waals surface area contributed by atoms with Gasteiger partial charge in [0.25, 0.3) is 5.91 Å². The van der Waals surface area contributed by atoms with Crippen molar-refractivity contribution in [2.45, 2.75) is 31.2 Å².